The number of Topliss-reactive ketones (excluding diaryl/α,β-unsaturated/α-hetero) is 1. The number of carbonyl (C=O) groups excluding carboxylic acids is 3. The summed E-state index contributed by atoms with van der Waals surface area (Å²) in [5.41, 5.74) is 2.13. The van der Waals surface area contributed by atoms with Gasteiger partial charge in [-0.25, -0.2) is 0 Å². The van der Waals surface area contributed by atoms with Gasteiger partial charge in [0.25, 0.3) is 5.91 Å². The van der Waals surface area contributed by atoms with Crippen molar-refractivity contribution in [2.75, 3.05) is 0 Å². The molecule has 0 aliphatic rings. The zero-order valence-corrected chi connectivity index (χ0v) is 16.5. The van der Waals surface area contributed by atoms with E-state index >= 15 is 0 Å². The Morgan fingerprint density at radius 1 is 1.04 bits per heavy atom. The van der Waals surface area contributed by atoms with Gasteiger partial charge in [0.2, 0.25) is 5.78 Å². The van der Waals surface area contributed by atoms with Gasteiger partial charge in [0.1, 0.15) is 0 Å². The van der Waals surface area contributed by atoms with Crippen LogP contribution in [0, 0.1) is 6.92 Å². The first-order chi connectivity index (χ1) is 13.5. The Morgan fingerprint density at radius 2 is 1.82 bits per heavy atom. The first kappa shape index (κ1) is 19.7. The van der Waals surface area contributed by atoms with Crippen molar-refractivity contribution in [1.29, 1.82) is 0 Å². The molecule has 0 saturated carbocycles. The number of hydrogen-bond donors (Lipinski definition) is 1. The molecule has 0 radical (unpaired) electrons. The van der Waals surface area contributed by atoms with Crippen molar-refractivity contribution in [3.05, 3.63) is 87.4 Å². The van der Waals surface area contributed by atoms with Gasteiger partial charge >= 0.3 is 0 Å². The predicted octanol–water partition coefficient (Wildman–Crippen LogP) is 4.92. The molecule has 28 heavy (non-hydrogen) atoms. The second-order valence-electron chi connectivity index (χ2n) is 6.05. The quantitative estimate of drug-likeness (QED) is 0.357. The Labute approximate surface area is 171 Å². The summed E-state index contributed by atoms with van der Waals surface area (Å²) in [6.07, 6.45) is 1.68. The van der Waals surface area contributed by atoms with Crippen LogP contribution in [0.4, 0.5) is 0 Å². The lowest BCUT2D eigenvalue weighted by Gasteiger charge is -2.07. The Balaban J connectivity index is 1.89. The zero-order chi connectivity index (χ0) is 20.1. The minimum absolute atomic E-state index is 0.0749. The fraction of sp³-hybridized carbons (Fsp3) is 0.0455. The number of halogens is 1. The maximum Gasteiger partial charge on any atom is 0.255 e. The van der Waals surface area contributed by atoms with Crippen molar-refractivity contribution in [3.63, 3.8) is 0 Å². The van der Waals surface area contributed by atoms with Gasteiger partial charge in [-0.1, -0.05) is 47.5 Å². The lowest BCUT2D eigenvalue weighted by molar-refractivity contribution is -0.127. The van der Waals surface area contributed by atoms with E-state index in [0.717, 1.165) is 16.0 Å². The van der Waals surface area contributed by atoms with Crippen LogP contribution in [0.2, 0.25) is 5.02 Å². The van der Waals surface area contributed by atoms with Gasteiger partial charge in [0.05, 0.1) is 5.70 Å². The SMILES string of the molecule is Cc1cccc(C(=O)N/C(=C\c2ccc(-c3ccccc3Cl)s2)C(=O)C=O)c1. The van der Waals surface area contributed by atoms with Crippen LogP contribution in [0.15, 0.2) is 66.4 Å². The smallest absolute Gasteiger partial charge is 0.255 e. The summed E-state index contributed by atoms with van der Waals surface area (Å²) in [5, 5.41) is 3.16. The molecule has 0 atom stereocenters. The molecule has 0 saturated heterocycles. The number of aldehydes is 1. The van der Waals surface area contributed by atoms with E-state index in [9.17, 15) is 14.4 Å². The van der Waals surface area contributed by atoms with Crippen LogP contribution in [0.1, 0.15) is 20.8 Å². The molecule has 0 aliphatic carbocycles. The Morgan fingerprint density at radius 3 is 2.54 bits per heavy atom. The third-order valence-electron chi connectivity index (χ3n) is 3.95. The molecule has 2 aromatic carbocycles. The lowest BCUT2D eigenvalue weighted by Crippen LogP contribution is -2.27. The molecule has 3 rings (SSSR count). The number of allylic oxidation sites excluding steroid dienone is 1. The lowest BCUT2D eigenvalue weighted by atomic mass is 10.1. The van der Waals surface area contributed by atoms with Crippen LogP contribution in [-0.4, -0.2) is 18.0 Å². The van der Waals surface area contributed by atoms with E-state index in [4.69, 9.17) is 11.6 Å². The molecule has 4 nitrogen and oxygen atoms in total. The summed E-state index contributed by atoms with van der Waals surface area (Å²) >= 11 is 7.63. The maximum absolute atomic E-state index is 12.5. The molecule has 3 aromatic rings. The van der Waals surface area contributed by atoms with E-state index in [-0.39, 0.29) is 12.0 Å². The maximum atomic E-state index is 12.5. The summed E-state index contributed by atoms with van der Waals surface area (Å²) in [6, 6.07) is 18.1. The first-order valence-corrected chi connectivity index (χ1v) is 9.61. The topological polar surface area (TPSA) is 63.2 Å². The van der Waals surface area contributed by atoms with Crippen LogP contribution in [0.25, 0.3) is 16.5 Å². The van der Waals surface area contributed by atoms with E-state index in [1.165, 1.54) is 17.4 Å². The fourth-order valence-corrected chi connectivity index (χ4v) is 3.88. The van der Waals surface area contributed by atoms with Crippen molar-refractivity contribution >= 4 is 47.0 Å². The minimum Gasteiger partial charge on any atom is -0.319 e. The van der Waals surface area contributed by atoms with E-state index in [2.05, 4.69) is 5.32 Å². The first-order valence-electron chi connectivity index (χ1n) is 8.42. The Hall–Kier alpha value is -3.02. The van der Waals surface area contributed by atoms with Gasteiger partial charge in [0.15, 0.2) is 6.29 Å². The second kappa shape index (κ2) is 8.78. The highest BCUT2D eigenvalue weighted by Gasteiger charge is 2.15. The summed E-state index contributed by atoms with van der Waals surface area (Å²) in [7, 11) is 0. The minimum atomic E-state index is -0.798. The molecule has 0 spiro atoms. The molecule has 1 aromatic heterocycles. The zero-order valence-electron chi connectivity index (χ0n) is 14.9. The van der Waals surface area contributed by atoms with Crippen LogP contribution in [-0.2, 0) is 9.59 Å². The van der Waals surface area contributed by atoms with Gasteiger partial charge in [-0.05, 0) is 43.3 Å². The number of ketones is 1. The average molecular weight is 410 g/mol. The Bertz CT molecular complexity index is 1080. The number of aryl methyl sites for hydroxylation is 1. The number of benzene rings is 2. The molecular weight excluding hydrogens is 394 g/mol. The van der Waals surface area contributed by atoms with E-state index in [1.54, 1.807) is 30.3 Å². The average Bonchev–Trinajstić information content (AvgIpc) is 3.15. The highest BCUT2D eigenvalue weighted by atomic mass is 35.5. The van der Waals surface area contributed by atoms with E-state index in [0.29, 0.717) is 15.5 Å². The molecule has 6 heteroatoms. The molecule has 1 heterocycles. The van der Waals surface area contributed by atoms with Crippen molar-refractivity contribution in [1.82, 2.24) is 5.32 Å². The summed E-state index contributed by atoms with van der Waals surface area (Å²) in [5.74, 6) is -1.25. The van der Waals surface area contributed by atoms with Crippen LogP contribution >= 0.6 is 22.9 Å². The number of amides is 1. The van der Waals surface area contributed by atoms with Gasteiger partial charge in [0, 0.05) is 25.9 Å². The number of nitrogens with one attached hydrogen (secondary N) is 1. The standard InChI is InChI=1S/C22H16ClNO3S/c1-14-5-4-6-15(11-14)22(27)24-19(20(26)13-25)12-16-9-10-21(28-16)17-7-2-3-8-18(17)23/h2-13H,1H3,(H,24,27)/b19-12-. The van der Waals surface area contributed by atoms with Crippen LogP contribution < -0.4 is 5.32 Å². The van der Waals surface area contributed by atoms with Crippen molar-refractivity contribution < 1.29 is 14.4 Å². The summed E-state index contributed by atoms with van der Waals surface area (Å²) < 4.78 is 0. The number of hydrogen-bond acceptors (Lipinski definition) is 4. The Kier molecular flexibility index (Phi) is 6.19. The van der Waals surface area contributed by atoms with Gasteiger partial charge in [-0.2, -0.15) is 0 Å². The molecule has 0 unspecified atom stereocenters. The molecule has 0 bridgehead atoms. The predicted molar refractivity (Wildman–Crippen MR) is 112 cm³/mol. The molecule has 1 N–H and O–H groups in total. The third kappa shape index (κ3) is 4.63. The highest BCUT2D eigenvalue weighted by Crippen LogP contribution is 2.33. The second-order valence-corrected chi connectivity index (χ2v) is 7.57. The summed E-state index contributed by atoms with van der Waals surface area (Å²) in [6.45, 7) is 1.87. The molecule has 0 aliphatic heterocycles. The van der Waals surface area contributed by atoms with E-state index in [1.807, 2.05) is 37.3 Å². The van der Waals surface area contributed by atoms with Crippen LogP contribution in [0.3, 0.4) is 0 Å². The number of rotatable bonds is 6. The third-order valence-corrected chi connectivity index (χ3v) is 5.35. The molecule has 0 fully saturated rings. The fourth-order valence-electron chi connectivity index (χ4n) is 2.59. The van der Waals surface area contributed by atoms with Crippen molar-refractivity contribution in [3.8, 4) is 10.4 Å². The van der Waals surface area contributed by atoms with Gasteiger partial charge < -0.3 is 5.32 Å². The van der Waals surface area contributed by atoms with Gasteiger partial charge in [-0.3, -0.25) is 14.4 Å². The van der Waals surface area contributed by atoms with Crippen LogP contribution in [0.5, 0.6) is 0 Å². The van der Waals surface area contributed by atoms with Crippen molar-refractivity contribution in [2.24, 2.45) is 0 Å². The van der Waals surface area contributed by atoms with Gasteiger partial charge in [-0.15, -0.1) is 11.3 Å². The highest BCUT2D eigenvalue weighted by molar-refractivity contribution is 7.16. The van der Waals surface area contributed by atoms with E-state index < -0.39 is 11.7 Å². The largest absolute Gasteiger partial charge is 0.319 e. The molecule has 140 valence electrons. The number of thiophene rings is 1. The molecular formula is C22H16ClNO3S. The number of carbonyl (C=O) groups is 3. The monoisotopic (exact) mass is 409 g/mol. The summed E-state index contributed by atoms with van der Waals surface area (Å²) in [4.78, 5) is 37.1. The molecule has 1 amide bonds. The van der Waals surface area contributed by atoms with Crippen molar-refractivity contribution in [2.45, 2.75) is 6.92 Å². The normalized spacial score (nSPS) is 11.1.